The van der Waals surface area contributed by atoms with Crippen LogP contribution in [-0.4, -0.2) is 48.3 Å². The van der Waals surface area contributed by atoms with Crippen molar-refractivity contribution in [2.75, 3.05) is 26.4 Å². The number of nitrogens with zero attached hydrogens (tertiary/aromatic N) is 2. The van der Waals surface area contributed by atoms with Gasteiger partial charge >= 0.3 is 12.1 Å². The molecule has 0 N–H and O–H groups in total. The second-order valence-corrected chi connectivity index (χ2v) is 7.15. The molecule has 0 amide bonds. The summed E-state index contributed by atoms with van der Waals surface area (Å²) < 4.78 is 64.4. The second kappa shape index (κ2) is 7.49. The first-order valence-corrected chi connectivity index (χ1v) is 9.46. The molecule has 1 fully saturated rings. The molecule has 1 saturated heterocycles. The summed E-state index contributed by atoms with van der Waals surface area (Å²) in [5, 5.41) is 4.40. The van der Waals surface area contributed by atoms with Gasteiger partial charge < -0.3 is 18.6 Å². The highest BCUT2D eigenvalue weighted by atomic mass is 19.4. The highest BCUT2D eigenvalue weighted by Crippen LogP contribution is 2.48. The Kier molecular flexibility index (Phi) is 5.16. The Morgan fingerprint density at radius 2 is 2.17 bits per heavy atom. The van der Waals surface area contributed by atoms with Gasteiger partial charge in [0.15, 0.2) is 0 Å². The third kappa shape index (κ3) is 3.66. The maximum atomic E-state index is 13.9. The molecule has 10 heteroatoms. The number of aromatic nitrogens is 2. The van der Waals surface area contributed by atoms with Crippen molar-refractivity contribution in [3.8, 4) is 11.3 Å². The molecule has 2 aromatic heterocycles. The molecule has 0 spiro atoms. The first-order chi connectivity index (χ1) is 13.8. The van der Waals surface area contributed by atoms with E-state index in [4.69, 9.17) is 18.6 Å². The van der Waals surface area contributed by atoms with E-state index < -0.39 is 23.5 Å². The topological polar surface area (TPSA) is 75.7 Å². The van der Waals surface area contributed by atoms with Gasteiger partial charge in [0.25, 0.3) is 0 Å². The van der Waals surface area contributed by atoms with E-state index in [1.54, 1.807) is 10.9 Å². The molecule has 2 aromatic rings. The first kappa shape index (κ1) is 20.0. The van der Waals surface area contributed by atoms with Crippen molar-refractivity contribution in [1.82, 2.24) is 9.78 Å². The quantitative estimate of drug-likeness (QED) is 0.714. The van der Waals surface area contributed by atoms with Gasteiger partial charge in [0, 0.05) is 18.2 Å². The summed E-state index contributed by atoms with van der Waals surface area (Å²) >= 11 is 0. The Morgan fingerprint density at radius 1 is 1.38 bits per heavy atom. The van der Waals surface area contributed by atoms with Gasteiger partial charge in [0.1, 0.15) is 17.4 Å². The van der Waals surface area contributed by atoms with Gasteiger partial charge in [-0.1, -0.05) is 6.92 Å². The lowest BCUT2D eigenvalue weighted by atomic mass is 9.86. The Hall–Kier alpha value is -2.33. The van der Waals surface area contributed by atoms with Crippen molar-refractivity contribution in [2.24, 2.45) is 0 Å². The van der Waals surface area contributed by atoms with E-state index in [2.05, 4.69) is 5.10 Å². The van der Waals surface area contributed by atoms with Crippen LogP contribution >= 0.6 is 0 Å². The van der Waals surface area contributed by atoms with Gasteiger partial charge in [0.05, 0.1) is 44.2 Å². The Balaban J connectivity index is 1.78. The van der Waals surface area contributed by atoms with Crippen LogP contribution in [0.3, 0.4) is 0 Å². The number of alkyl halides is 3. The van der Waals surface area contributed by atoms with Crippen LogP contribution in [0.25, 0.3) is 11.3 Å². The molecule has 0 radical (unpaired) electrons. The highest BCUT2D eigenvalue weighted by molar-refractivity contribution is 5.92. The number of esters is 1. The molecule has 1 aliphatic carbocycles. The largest absolute Gasteiger partial charge is 0.460 e. The number of hydrogen-bond acceptors (Lipinski definition) is 6. The van der Waals surface area contributed by atoms with Crippen LogP contribution in [0.2, 0.25) is 0 Å². The minimum atomic E-state index is -4.79. The fraction of sp³-hybridized carbons (Fsp3) is 0.579. The molecular weight excluding hydrogens is 393 g/mol. The van der Waals surface area contributed by atoms with Crippen LogP contribution in [-0.2, 0) is 33.4 Å². The van der Waals surface area contributed by atoms with Crippen molar-refractivity contribution in [1.29, 1.82) is 0 Å². The number of ether oxygens (including phenoxy) is 3. The van der Waals surface area contributed by atoms with Crippen LogP contribution in [0.5, 0.6) is 0 Å². The molecule has 0 aromatic carbocycles. The van der Waals surface area contributed by atoms with Gasteiger partial charge in [-0.25, -0.2) is 4.79 Å². The van der Waals surface area contributed by atoms with E-state index in [9.17, 15) is 18.0 Å². The van der Waals surface area contributed by atoms with Crippen LogP contribution < -0.4 is 0 Å². The number of carbonyl (C=O) groups is 1. The van der Waals surface area contributed by atoms with Gasteiger partial charge in [-0.05, 0) is 12.8 Å². The minimum absolute atomic E-state index is 0.0543. The van der Waals surface area contributed by atoms with Crippen molar-refractivity contribution in [3.05, 3.63) is 28.8 Å². The first-order valence-electron chi connectivity index (χ1n) is 9.46. The van der Waals surface area contributed by atoms with Crippen molar-refractivity contribution >= 4 is 5.97 Å². The number of furan rings is 1. The SMILES string of the molecule is CCOC(=O)c1oc2c(c1C(F)(F)F)-c1nn(C[C@H]3COCCO3)cc1C(C)C2. The number of hydrogen-bond donors (Lipinski definition) is 0. The molecule has 4 rings (SSSR count). The van der Waals surface area contributed by atoms with E-state index in [0.717, 1.165) is 0 Å². The van der Waals surface area contributed by atoms with E-state index in [1.807, 2.05) is 6.92 Å². The molecule has 0 saturated carbocycles. The summed E-state index contributed by atoms with van der Waals surface area (Å²) in [5.74, 6) is -1.96. The lowest BCUT2D eigenvalue weighted by Crippen LogP contribution is -2.32. The summed E-state index contributed by atoms with van der Waals surface area (Å²) in [6.07, 6.45) is -3.04. The smallest absolute Gasteiger partial charge is 0.421 e. The van der Waals surface area contributed by atoms with Crippen LogP contribution in [0.15, 0.2) is 10.6 Å². The lowest BCUT2D eigenvalue weighted by molar-refractivity contribution is -0.138. The summed E-state index contributed by atoms with van der Waals surface area (Å²) in [4.78, 5) is 12.1. The number of fused-ring (bicyclic) bond motifs is 3. The molecular formula is C19H21F3N2O5. The summed E-state index contributed by atoms with van der Waals surface area (Å²) in [6, 6.07) is 0. The van der Waals surface area contributed by atoms with E-state index in [0.29, 0.717) is 31.9 Å². The summed E-state index contributed by atoms with van der Waals surface area (Å²) in [7, 11) is 0. The van der Waals surface area contributed by atoms with E-state index in [1.165, 1.54) is 6.92 Å². The molecule has 29 heavy (non-hydrogen) atoms. The Bertz CT molecular complexity index is 912. The monoisotopic (exact) mass is 414 g/mol. The van der Waals surface area contributed by atoms with E-state index in [-0.39, 0.29) is 42.1 Å². The second-order valence-electron chi connectivity index (χ2n) is 7.15. The zero-order valence-corrected chi connectivity index (χ0v) is 16.0. The van der Waals surface area contributed by atoms with Gasteiger partial charge in [-0.3, -0.25) is 4.68 Å². The Morgan fingerprint density at radius 3 is 2.83 bits per heavy atom. The highest BCUT2D eigenvalue weighted by Gasteiger charge is 2.46. The predicted molar refractivity (Wildman–Crippen MR) is 93.6 cm³/mol. The zero-order chi connectivity index (χ0) is 20.8. The lowest BCUT2D eigenvalue weighted by Gasteiger charge is -2.22. The average Bonchev–Trinajstić information content (AvgIpc) is 3.24. The summed E-state index contributed by atoms with van der Waals surface area (Å²) in [5.41, 5.74) is -0.437. The normalized spacial score (nSPS) is 21.6. The third-order valence-corrected chi connectivity index (χ3v) is 5.05. The molecule has 0 bridgehead atoms. The molecule has 7 nitrogen and oxygen atoms in total. The molecule has 2 aliphatic rings. The van der Waals surface area contributed by atoms with Gasteiger partial charge in [0.2, 0.25) is 5.76 Å². The molecule has 158 valence electrons. The van der Waals surface area contributed by atoms with Crippen molar-refractivity contribution < 1.29 is 36.6 Å². The van der Waals surface area contributed by atoms with Crippen LogP contribution in [0, 0.1) is 0 Å². The minimum Gasteiger partial charge on any atom is -0.460 e. The average molecular weight is 414 g/mol. The zero-order valence-electron chi connectivity index (χ0n) is 16.0. The fourth-order valence-electron chi connectivity index (χ4n) is 3.81. The van der Waals surface area contributed by atoms with Gasteiger partial charge in [-0.15, -0.1) is 0 Å². The van der Waals surface area contributed by atoms with Crippen molar-refractivity contribution in [3.63, 3.8) is 0 Å². The summed E-state index contributed by atoms with van der Waals surface area (Å²) in [6.45, 7) is 5.10. The number of carbonyl (C=O) groups excluding carboxylic acids is 1. The molecule has 3 heterocycles. The fourth-order valence-corrected chi connectivity index (χ4v) is 3.81. The van der Waals surface area contributed by atoms with Crippen molar-refractivity contribution in [2.45, 2.75) is 45.0 Å². The predicted octanol–water partition coefficient (Wildman–Crippen LogP) is 3.41. The molecule has 1 unspecified atom stereocenters. The maximum Gasteiger partial charge on any atom is 0.421 e. The van der Waals surface area contributed by atoms with E-state index >= 15 is 0 Å². The third-order valence-electron chi connectivity index (χ3n) is 5.05. The standard InChI is InChI=1S/C19H21F3N2O5/c1-3-27-18(25)17-15(19(20,21)22)14-13(29-17)6-10(2)12-8-24(23-16(12)14)7-11-9-26-4-5-28-11/h8,10-11H,3-7,9H2,1-2H3/t10?,11-/m0/s1. The number of halogens is 3. The Labute approximate surface area is 164 Å². The molecule has 1 aliphatic heterocycles. The van der Waals surface area contributed by atoms with Crippen LogP contribution in [0.1, 0.15) is 47.2 Å². The number of rotatable bonds is 4. The van der Waals surface area contributed by atoms with Crippen LogP contribution in [0.4, 0.5) is 13.2 Å². The maximum absolute atomic E-state index is 13.9. The van der Waals surface area contributed by atoms with Gasteiger partial charge in [-0.2, -0.15) is 18.3 Å². The molecule has 2 atom stereocenters.